The van der Waals surface area contributed by atoms with E-state index in [0.717, 1.165) is 0 Å². The Bertz CT molecular complexity index is 750. The first-order chi connectivity index (χ1) is 12.5. The number of amides is 1. The van der Waals surface area contributed by atoms with Gasteiger partial charge in [-0.2, -0.15) is 0 Å². The second-order valence-electron chi connectivity index (χ2n) is 5.42. The molecule has 0 saturated heterocycles. The van der Waals surface area contributed by atoms with E-state index in [1.807, 2.05) is 0 Å². The third-order valence-corrected chi connectivity index (χ3v) is 3.74. The van der Waals surface area contributed by atoms with E-state index in [1.165, 1.54) is 26.2 Å². The van der Waals surface area contributed by atoms with Crippen LogP contribution in [0.15, 0.2) is 42.5 Å². The van der Waals surface area contributed by atoms with Crippen LogP contribution < -0.4 is 19.1 Å². The number of aliphatic carboxylic acids is 1. The van der Waals surface area contributed by atoms with E-state index in [2.05, 4.69) is 0 Å². The van der Waals surface area contributed by atoms with E-state index in [0.29, 0.717) is 28.5 Å². The van der Waals surface area contributed by atoms with Crippen LogP contribution in [0.2, 0.25) is 0 Å². The number of hydrogen-bond donors (Lipinski definition) is 1. The summed E-state index contributed by atoms with van der Waals surface area (Å²) in [5.41, 5.74) is 1.14. The Kier molecular flexibility index (Phi) is 6.43. The van der Waals surface area contributed by atoms with Gasteiger partial charge in [0, 0.05) is 5.69 Å². The summed E-state index contributed by atoms with van der Waals surface area (Å²) in [5.74, 6) is -0.157. The molecule has 0 fully saturated rings. The zero-order chi connectivity index (χ0) is 19.1. The van der Waals surface area contributed by atoms with Gasteiger partial charge >= 0.3 is 5.97 Å². The van der Waals surface area contributed by atoms with Crippen LogP contribution in [0.4, 0.5) is 5.69 Å². The smallest absolute Gasteiger partial charge is 0.323 e. The highest BCUT2D eigenvalue weighted by atomic mass is 16.5. The van der Waals surface area contributed by atoms with Gasteiger partial charge in [-0.15, -0.1) is 0 Å². The minimum atomic E-state index is -1.09. The molecule has 0 spiro atoms. The zero-order valence-electron chi connectivity index (χ0n) is 14.9. The lowest BCUT2D eigenvalue weighted by Gasteiger charge is -2.21. The number of benzene rings is 2. The standard InChI is InChI=1S/C19H21NO6/c1-24-15-9-13(10-16(25-2)19(15)26-3)11-17(21)20(12-18(22)23)14-7-5-4-6-8-14/h4-10H,11-12H2,1-3H3,(H,22,23). The minimum Gasteiger partial charge on any atom is -0.493 e. The van der Waals surface area contributed by atoms with E-state index in [9.17, 15) is 9.59 Å². The highest BCUT2D eigenvalue weighted by Gasteiger charge is 2.21. The number of nitrogens with zero attached hydrogens (tertiary/aromatic N) is 1. The van der Waals surface area contributed by atoms with Gasteiger partial charge in [-0.25, -0.2) is 0 Å². The average Bonchev–Trinajstić information content (AvgIpc) is 2.65. The second-order valence-corrected chi connectivity index (χ2v) is 5.42. The van der Waals surface area contributed by atoms with Crippen molar-refractivity contribution in [3.05, 3.63) is 48.0 Å². The first-order valence-electron chi connectivity index (χ1n) is 7.86. The lowest BCUT2D eigenvalue weighted by molar-refractivity contribution is -0.136. The number of para-hydroxylation sites is 1. The minimum absolute atomic E-state index is 0.0150. The van der Waals surface area contributed by atoms with Crippen molar-refractivity contribution < 1.29 is 28.9 Å². The number of anilines is 1. The van der Waals surface area contributed by atoms with Crippen molar-refractivity contribution in [3.63, 3.8) is 0 Å². The molecule has 0 aliphatic heterocycles. The van der Waals surface area contributed by atoms with Crippen molar-refractivity contribution in [1.29, 1.82) is 0 Å². The SMILES string of the molecule is COc1cc(CC(=O)N(CC(=O)O)c2ccccc2)cc(OC)c1OC. The summed E-state index contributed by atoms with van der Waals surface area (Å²) >= 11 is 0. The van der Waals surface area contributed by atoms with Crippen molar-refractivity contribution >= 4 is 17.6 Å². The topological polar surface area (TPSA) is 85.3 Å². The normalized spacial score (nSPS) is 10.1. The number of ether oxygens (including phenoxy) is 3. The van der Waals surface area contributed by atoms with Crippen LogP contribution in [0.5, 0.6) is 17.2 Å². The molecule has 0 saturated carbocycles. The maximum atomic E-state index is 12.8. The lowest BCUT2D eigenvalue weighted by atomic mass is 10.1. The molecule has 0 unspecified atom stereocenters. The summed E-state index contributed by atoms with van der Waals surface area (Å²) in [4.78, 5) is 25.2. The molecule has 7 nitrogen and oxygen atoms in total. The molecule has 26 heavy (non-hydrogen) atoms. The van der Waals surface area contributed by atoms with Crippen molar-refractivity contribution in [1.82, 2.24) is 0 Å². The van der Waals surface area contributed by atoms with Crippen LogP contribution in [0.3, 0.4) is 0 Å². The van der Waals surface area contributed by atoms with Crippen LogP contribution in [-0.2, 0) is 16.0 Å². The third kappa shape index (κ3) is 4.44. The molecule has 0 aliphatic carbocycles. The molecular formula is C19H21NO6. The predicted octanol–water partition coefficient (Wildman–Crippen LogP) is 2.37. The Hall–Kier alpha value is -3.22. The number of methoxy groups -OCH3 is 3. The molecule has 0 radical (unpaired) electrons. The number of carboxylic acid groups (broad SMARTS) is 1. The molecule has 138 valence electrons. The number of rotatable bonds is 8. The Morgan fingerprint density at radius 2 is 1.54 bits per heavy atom. The van der Waals surface area contributed by atoms with Gasteiger partial charge in [0.1, 0.15) is 6.54 Å². The number of hydrogen-bond acceptors (Lipinski definition) is 5. The largest absolute Gasteiger partial charge is 0.493 e. The fourth-order valence-corrected chi connectivity index (χ4v) is 2.57. The van der Waals surface area contributed by atoms with Crippen LogP contribution in [0.1, 0.15) is 5.56 Å². The van der Waals surface area contributed by atoms with Gasteiger partial charge in [-0.05, 0) is 29.8 Å². The number of carboxylic acids is 1. The van der Waals surface area contributed by atoms with Gasteiger partial charge in [-0.1, -0.05) is 18.2 Å². The molecule has 2 aromatic rings. The molecule has 0 aromatic heterocycles. The molecule has 1 N–H and O–H groups in total. The first kappa shape index (κ1) is 19.1. The lowest BCUT2D eigenvalue weighted by Crippen LogP contribution is -2.36. The van der Waals surface area contributed by atoms with Gasteiger partial charge in [0.05, 0.1) is 27.8 Å². The summed E-state index contributed by atoms with van der Waals surface area (Å²) in [5, 5.41) is 9.14. The van der Waals surface area contributed by atoms with E-state index >= 15 is 0 Å². The van der Waals surface area contributed by atoms with Crippen molar-refractivity contribution in [2.45, 2.75) is 6.42 Å². The quantitative estimate of drug-likeness (QED) is 0.779. The van der Waals surface area contributed by atoms with Gasteiger partial charge in [-0.3, -0.25) is 9.59 Å². The molecule has 0 heterocycles. The maximum Gasteiger partial charge on any atom is 0.323 e. The van der Waals surface area contributed by atoms with Gasteiger partial charge in [0.25, 0.3) is 0 Å². The number of carbonyl (C=O) groups is 2. The number of carbonyl (C=O) groups excluding carboxylic acids is 1. The highest BCUT2D eigenvalue weighted by Crippen LogP contribution is 2.38. The molecule has 1 amide bonds. The molecule has 2 aromatic carbocycles. The van der Waals surface area contributed by atoms with Crippen LogP contribution >= 0.6 is 0 Å². The van der Waals surface area contributed by atoms with Crippen molar-refractivity contribution in [3.8, 4) is 17.2 Å². The molecule has 7 heteroatoms. The fraction of sp³-hybridized carbons (Fsp3) is 0.263. The maximum absolute atomic E-state index is 12.8. The Morgan fingerprint density at radius 3 is 2.00 bits per heavy atom. The Labute approximate surface area is 151 Å². The van der Waals surface area contributed by atoms with Crippen molar-refractivity contribution in [2.24, 2.45) is 0 Å². The van der Waals surface area contributed by atoms with E-state index in [4.69, 9.17) is 19.3 Å². The first-order valence-corrected chi connectivity index (χ1v) is 7.86. The predicted molar refractivity (Wildman–Crippen MR) is 96.2 cm³/mol. The van der Waals surface area contributed by atoms with E-state index in [-0.39, 0.29) is 12.3 Å². The van der Waals surface area contributed by atoms with Crippen LogP contribution in [0.25, 0.3) is 0 Å². The summed E-state index contributed by atoms with van der Waals surface area (Å²) in [6.45, 7) is -0.423. The molecule has 2 rings (SSSR count). The summed E-state index contributed by atoms with van der Waals surface area (Å²) < 4.78 is 15.8. The summed E-state index contributed by atoms with van der Waals surface area (Å²) in [6, 6.07) is 12.0. The molecular weight excluding hydrogens is 338 g/mol. The van der Waals surface area contributed by atoms with Gasteiger partial charge in [0.2, 0.25) is 11.7 Å². The average molecular weight is 359 g/mol. The van der Waals surface area contributed by atoms with Crippen LogP contribution in [0, 0.1) is 0 Å². The van der Waals surface area contributed by atoms with Crippen LogP contribution in [-0.4, -0.2) is 44.9 Å². The summed E-state index contributed by atoms with van der Waals surface area (Å²) in [7, 11) is 4.47. The highest BCUT2D eigenvalue weighted by molar-refractivity contribution is 5.98. The van der Waals surface area contributed by atoms with Gasteiger partial charge < -0.3 is 24.2 Å². The third-order valence-electron chi connectivity index (χ3n) is 3.74. The van der Waals surface area contributed by atoms with Gasteiger partial charge in [0.15, 0.2) is 11.5 Å². The fourth-order valence-electron chi connectivity index (χ4n) is 2.57. The van der Waals surface area contributed by atoms with Crippen molar-refractivity contribution in [2.75, 3.05) is 32.8 Å². The zero-order valence-corrected chi connectivity index (χ0v) is 14.9. The van der Waals surface area contributed by atoms with E-state index < -0.39 is 12.5 Å². The second kappa shape index (κ2) is 8.75. The molecule has 0 bridgehead atoms. The molecule has 0 atom stereocenters. The Balaban J connectivity index is 2.32. The Morgan fingerprint density at radius 1 is 0.962 bits per heavy atom. The summed E-state index contributed by atoms with van der Waals surface area (Å²) in [6.07, 6.45) is -0.0150. The monoisotopic (exact) mass is 359 g/mol. The van der Waals surface area contributed by atoms with E-state index in [1.54, 1.807) is 42.5 Å². The molecule has 0 aliphatic rings.